The third kappa shape index (κ3) is 5.85. The molecule has 0 saturated heterocycles. The van der Waals surface area contributed by atoms with Gasteiger partial charge in [-0.15, -0.1) is 5.10 Å². The fourth-order valence-corrected chi connectivity index (χ4v) is 2.92. The molecule has 0 fully saturated rings. The van der Waals surface area contributed by atoms with Gasteiger partial charge in [-0.05, 0) is 30.3 Å². The largest absolute Gasteiger partial charge is 0.534 e. The van der Waals surface area contributed by atoms with E-state index in [2.05, 4.69) is 19.0 Å². The molecule has 0 aliphatic heterocycles. The number of pyridine rings is 1. The van der Waals surface area contributed by atoms with E-state index >= 15 is 0 Å². The number of benzene rings is 1. The number of hydrogen-bond acceptors (Lipinski definition) is 7. The number of methoxy groups -OCH3 is 1. The maximum absolute atomic E-state index is 12.5. The first-order valence-electron chi connectivity index (χ1n) is 8.70. The zero-order valence-electron chi connectivity index (χ0n) is 16.4. The van der Waals surface area contributed by atoms with E-state index < -0.39 is 40.0 Å². The Morgan fingerprint density at radius 3 is 2.15 bits per heavy atom. The lowest BCUT2D eigenvalue weighted by molar-refractivity contribution is -0.154. The van der Waals surface area contributed by atoms with Gasteiger partial charge in [0, 0.05) is 17.7 Å². The van der Waals surface area contributed by atoms with Crippen molar-refractivity contribution in [2.24, 2.45) is 0 Å². The van der Waals surface area contributed by atoms with Gasteiger partial charge in [-0.25, -0.2) is 9.67 Å². The minimum absolute atomic E-state index is 0.171. The summed E-state index contributed by atoms with van der Waals surface area (Å²) in [4.78, 5) is 3.98. The molecule has 1 aromatic carbocycles. The average molecular weight is 497 g/mol. The molecule has 2 heterocycles. The molecule has 0 spiro atoms. The van der Waals surface area contributed by atoms with Crippen LogP contribution < -0.4 is 13.7 Å². The monoisotopic (exact) mass is 497 g/mol. The van der Waals surface area contributed by atoms with Crippen LogP contribution in [-0.4, -0.2) is 48.6 Å². The van der Waals surface area contributed by atoms with Gasteiger partial charge in [-0.2, -0.15) is 34.8 Å². The summed E-state index contributed by atoms with van der Waals surface area (Å²) >= 11 is 0. The van der Waals surface area contributed by atoms with Crippen molar-refractivity contribution in [3.05, 3.63) is 48.7 Å². The van der Waals surface area contributed by atoms with Crippen LogP contribution in [0.3, 0.4) is 0 Å². The molecule has 0 aliphatic rings. The molecule has 33 heavy (non-hydrogen) atoms. The fraction of sp³-hybridized carbons (Fsp3) is 0.222. The Hall–Kier alpha value is -3.49. The van der Waals surface area contributed by atoms with E-state index in [0.29, 0.717) is 5.69 Å². The Bertz CT molecular complexity index is 1210. The van der Waals surface area contributed by atoms with Crippen LogP contribution in [0, 0.1) is 0 Å². The molecule has 3 aromatic rings. The van der Waals surface area contributed by atoms with Crippen LogP contribution >= 0.6 is 0 Å². The minimum Gasteiger partial charge on any atom is -0.481 e. The number of alkyl halides is 6. The van der Waals surface area contributed by atoms with Crippen LogP contribution in [-0.2, 0) is 10.1 Å². The first-order chi connectivity index (χ1) is 15.3. The molecule has 0 amide bonds. The first-order valence-corrected chi connectivity index (χ1v) is 10.1. The van der Waals surface area contributed by atoms with E-state index in [4.69, 9.17) is 4.74 Å². The SMILES string of the molecule is COc1ccc(-n2nc(OCC(F)(F)F)cc2-c2ccc(OS(=O)(=O)C(F)(F)F)cc2)cn1. The van der Waals surface area contributed by atoms with Crippen molar-refractivity contribution in [1.82, 2.24) is 14.8 Å². The van der Waals surface area contributed by atoms with Crippen molar-refractivity contribution in [2.75, 3.05) is 13.7 Å². The minimum atomic E-state index is -5.87. The van der Waals surface area contributed by atoms with Crippen molar-refractivity contribution in [2.45, 2.75) is 11.7 Å². The Morgan fingerprint density at radius 2 is 1.64 bits per heavy atom. The molecule has 0 radical (unpaired) electrons. The molecule has 15 heteroatoms. The quantitative estimate of drug-likeness (QED) is 0.276. The number of hydrogen-bond donors (Lipinski definition) is 0. The van der Waals surface area contributed by atoms with Gasteiger partial charge in [-0.3, -0.25) is 0 Å². The van der Waals surface area contributed by atoms with Gasteiger partial charge in [0.2, 0.25) is 11.8 Å². The highest BCUT2D eigenvalue weighted by molar-refractivity contribution is 7.88. The Kier molecular flexibility index (Phi) is 6.44. The van der Waals surface area contributed by atoms with E-state index in [-0.39, 0.29) is 17.1 Å². The summed E-state index contributed by atoms with van der Waals surface area (Å²) in [6, 6.07) is 8.41. The van der Waals surface area contributed by atoms with E-state index in [9.17, 15) is 34.8 Å². The van der Waals surface area contributed by atoms with Gasteiger partial charge in [-0.1, -0.05) is 0 Å². The van der Waals surface area contributed by atoms with Gasteiger partial charge in [0.05, 0.1) is 24.7 Å². The predicted molar refractivity (Wildman–Crippen MR) is 100 cm³/mol. The van der Waals surface area contributed by atoms with Crippen LogP contribution in [0.4, 0.5) is 26.3 Å². The summed E-state index contributed by atoms with van der Waals surface area (Å²) in [5, 5.41) is 3.97. The third-order valence-corrected chi connectivity index (χ3v) is 4.86. The molecular formula is C18H13F6N3O5S. The number of ether oxygens (including phenoxy) is 2. The second-order valence-corrected chi connectivity index (χ2v) is 7.79. The van der Waals surface area contributed by atoms with E-state index in [1.54, 1.807) is 0 Å². The molecule has 0 aliphatic carbocycles. The van der Waals surface area contributed by atoms with Crippen LogP contribution in [0.25, 0.3) is 16.9 Å². The molecule has 0 unspecified atom stereocenters. The standard InChI is InChI=1S/C18H13F6N3O5S/c1-30-15-7-4-12(9-25-15)27-14(8-16(26-27)31-10-17(19,20)21)11-2-5-13(6-3-11)32-33(28,29)18(22,23)24/h2-9H,10H2,1H3. The normalized spacial score (nSPS) is 12.5. The average Bonchev–Trinajstić information content (AvgIpc) is 3.16. The highest BCUT2D eigenvalue weighted by Crippen LogP contribution is 2.31. The number of rotatable bonds is 7. The second kappa shape index (κ2) is 8.80. The predicted octanol–water partition coefficient (Wildman–Crippen LogP) is 4.11. The number of halogens is 6. The smallest absolute Gasteiger partial charge is 0.481 e. The van der Waals surface area contributed by atoms with Crippen LogP contribution in [0.5, 0.6) is 17.5 Å². The Labute approximate surface area is 182 Å². The van der Waals surface area contributed by atoms with Gasteiger partial charge in [0.1, 0.15) is 5.75 Å². The lowest BCUT2D eigenvalue weighted by atomic mass is 10.1. The van der Waals surface area contributed by atoms with Crippen molar-refractivity contribution in [1.29, 1.82) is 0 Å². The van der Waals surface area contributed by atoms with Crippen molar-refractivity contribution in [3.8, 4) is 34.5 Å². The lowest BCUT2D eigenvalue weighted by Crippen LogP contribution is -2.28. The van der Waals surface area contributed by atoms with Gasteiger partial charge >= 0.3 is 21.8 Å². The molecule has 0 saturated carbocycles. The van der Waals surface area contributed by atoms with E-state index in [0.717, 1.165) is 18.2 Å². The summed E-state index contributed by atoms with van der Waals surface area (Å²) in [5.74, 6) is -0.756. The third-order valence-electron chi connectivity index (χ3n) is 3.88. The maximum atomic E-state index is 12.5. The topological polar surface area (TPSA) is 92.5 Å². The van der Waals surface area contributed by atoms with Crippen molar-refractivity contribution < 1.29 is 48.4 Å². The molecule has 3 rings (SSSR count). The summed E-state index contributed by atoms with van der Waals surface area (Å²) < 4.78 is 112. The Balaban J connectivity index is 1.97. The zero-order valence-corrected chi connectivity index (χ0v) is 17.2. The number of nitrogens with zero attached hydrogens (tertiary/aromatic N) is 3. The fourth-order valence-electron chi connectivity index (χ4n) is 2.46. The molecular weight excluding hydrogens is 484 g/mol. The molecule has 178 valence electrons. The molecule has 2 aromatic heterocycles. The van der Waals surface area contributed by atoms with Gasteiger partial charge < -0.3 is 13.7 Å². The molecule has 0 bridgehead atoms. The number of aromatic nitrogens is 3. The second-order valence-electron chi connectivity index (χ2n) is 6.25. The van der Waals surface area contributed by atoms with Crippen LogP contribution in [0.1, 0.15) is 0 Å². The first kappa shape index (κ1) is 24.2. The molecule has 0 atom stereocenters. The van der Waals surface area contributed by atoms with E-state index in [1.165, 1.54) is 42.3 Å². The lowest BCUT2D eigenvalue weighted by Gasteiger charge is -2.10. The summed E-state index contributed by atoms with van der Waals surface area (Å²) in [7, 11) is -4.49. The molecule has 8 nitrogen and oxygen atoms in total. The van der Waals surface area contributed by atoms with Crippen molar-refractivity contribution >= 4 is 10.1 Å². The van der Waals surface area contributed by atoms with Crippen LogP contribution in [0.2, 0.25) is 0 Å². The maximum Gasteiger partial charge on any atom is 0.534 e. The highest BCUT2D eigenvalue weighted by atomic mass is 32.2. The van der Waals surface area contributed by atoms with E-state index in [1.807, 2.05) is 0 Å². The van der Waals surface area contributed by atoms with Gasteiger partial charge in [0.25, 0.3) is 0 Å². The zero-order chi connectivity index (χ0) is 24.4. The van der Waals surface area contributed by atoms with Crippen molar-refractivity contribution in [3.63, 3.8) is 0 Å². The summed E-state index contributed by atoms with van der Waals surface area (Å²) in [6.45, 7) is -1.60. The summed E-state index contributed by atoms with van der Waals surface area (Å²) in [5.41, 5.74) is -4.90. The summed E-state index contributed by atoms with van der Waals surface area (Å²) in [6.07, 6.45) is -3.30. The van der Waals surface area contributed by atoms with Gasteiger partial charge in [0.15, 0.2) is 6.61 Å². The molecule has 0 N–H and O–H groups in total. The Morgan fingerprint density at radius 1 is 0.970 bits per heavy atom. The highest BCUT2D eigenvalue weighted by Gasteiger charge is 2.48. The van der Waals surface area contributed by atoms with Crippen LogP contribution in [0.15, 0.2) is 48.7 Å².